The van der Waals surface area contributed by atoms with Crippen molar-refractivity contribution in [3.05, 3.63) is 30.1 Å². The van der Waals surface area contributed by atoms with Crippen LogP contribution in [-0.2, 0) is 4.79 Å². The molecule has 1 heterocycles. The SMILES string of the molecule is O=C(Oc1ccc(F)cc1)C1CCNCC1. The van der Waals surface area contributed by atoms with Crippen LogP contribution in [0.5, 0.6) is 5.75 Å². The molecular weight excluding hydrogens is 209 g/mol. The molecule has 86 valence electrons. The number of piperidine rings is 1. The van der Waals surface area contributed by atoms with E-state index in [9.17, 15) is 9.18 Å². The van der Waals surface area contributed by atoms with Gasteiger partial charge in [-0.2, -0.15) is 0 Å². The van der Waals surface area contributed by atoms with E-state index >= 15 is 0 Å². The first-order chi connectivity index (χ1) is 7.75. The molecule has 1 N–H and O–H groups in total. The molecule has 0 aliphatic carbocycles. The van der Waals surface area contributed by atoms with Gasteiger partial charge in [-0.1, -0.05) is 0 Å². The molecule has 1 fully saturated rings. The van der Waals surface area contributed by atoms with Gasteiger partial charge in [-0.25, -0.2) is 4.39 Å². The van der Waals surface area contributed by atoms with Crippen molar-refractivity contribution in [1.82, 2.24) is 5.32 Å². The van der Waals surface area contributed by atoms with Crippen molar-refractivity contribution in [2.24, 2.45) is 5.92 Å². The zero-order chi connectivity index (χ0) is 11.4. The van der Waals surface area contributed by atoms with Crippen LogP contribution in [0.2, 0.25) is 0 Å². The van der Waals surface area contributed by atoms with Gasteiger partial charge in [0.25, 0.3) is 0 Å². The van der Waals surface area contributed by atoms with Gasteiger partial charge in [-0.15, -0.1) is 0 Å². The summed E-state index contributed by atoms with van der Waals surface area (Å²) in [6.07, 6.45) is 1.61. The lowest BCUT2D eigenvalue weighted by Gasteiger charge is -2.20. The molecule has 0 spiro atoms. The molecule has 4 heteroatoms. The van der Waals surface area contributed by atoms with E-state index in [4.69, 9.17) is 4.74 Å². The van der Waals surface area contributed by atoms with E-state index in [1.54, 1.807) is 0 Å². The minimum Gasteiger partial charge on any atom is -0.426 e. The van der Waals surface area contributed by atoms with E-state index in [2.05, 4.69) is 5.32 Å². The summed E-state index contributed by atoms with van der Waals surface area (Å²) in [6, 6.07) is 5.50. The van der Waals surface area contributed by atoms with Crippen molar-refractivity contribution in [3.8, 4) is 5.75 Å². The molecule has 1 aliphatic heterocycles. The number of benzene rings is 1. The third-order valence-electron chi connectivity index (χ3n) is 2.70. The van der Waals surface area contributed by atoms with Crippen LogP contribution in [0.25, 0.3) is 0 Å². The molecule has 2 rings (SSSR count). The van der Waals surface area contributed by atoms with E-state index in [0.29, 0.717) is 5.75 Å². The van der Waals surface area contributed by atoms with E-state index in [1.807, 2.05) is 0 Å². The lowest BCUT2D eigenvalue weighted by atomic mass is 9.98. The smallest absolute Gasteiger partial charge is 0.314 e. The molecule has 0 amide bonds. The standard InChI is InChI=1S/C12H14FNO2/c13-10-1-3-11(4-2-10)16-12(15)9-5-7-14-8-6-9/h1-4,9,14H,5-8H2. The molecule has 0 bridgehead atoms. The Kier molecular flexibility index (Phi) is 3.51. The summed E-state index contributed by atoms with van der Waals surface area (Å²) in [5, 5.41) is 3.18. The Morgan fingerprint density at radius 3 is 2.50 bits per heavy atom. The second-order valence-electron chi connectivity index (χ2n) is 3.90. The van der Waals surface area contributed by atoms with E-state index in [0.717, 1.165) is 25.9 Å². The molecule has 1 saturated heterocycles. The summed E-state index contributed by atoms with van der Waals surface area (Å²) in [4.78, 5) is 11.7. The maximum absolute atomic E-state index is 12.6. The maximum atomic E-state index is 12.6. The van der Waals surface area contributed by atoms with Gasteiger partial charge in [0.05, 0.1) is 5.92 Å². The number of carbonyl (C=O) groups excluding carboxylic acids is 1. The fourth-order valence-electron chi connectivity index (χ4n) is 1.76. The minimum absolute atomic E-state index is 0.0358. The Balaban J connectivity index is 1.93. The van der Waals surface area contributed by atoms with Crippen LogP contribution >= 0.6 is 0 Å². The van der Waals surface area contributed by atoms with Crippen LogP contribution in [0.15, 0.2) is 24.3 Å². The molecule has 16 heavy (non-hydrogen) atoms. The predicted octanol–water partition coefficient (Wildman–Crippen LogP) is 1.73. The van der Waals surface area contributed by atoms with Crippen molar-refractivity contribution < 1.29 is 13.9 Å². The molecule has 0 atom stereocenters. The highest BCUT2D eigenvalue weighted by Crippen LogP contribution is 2.17. The van der Waals surface area contributed by atoms with Gasteiger partial charge in [-0.3, -0.25) is 4.79 Å². The fraction of sp³-hybridized carbons (Fsp3) is 0.417. The first-order valence-corrected chi connectivity index (χ1v) is 5.44. The summed E-state index contributed by atoms with van der Waals surface area (Å²) in [6.45, 7) is 1.70. The third kappa shape index (κ3) is 2.79. The quantitative estimate of drug-likeness (QED) is 0.613. The molecule has 0 unspecified atom stereocenters. The highest BCUT2D eigenvalue weighted by atomic mass is 19.1. The summed E-state index contributed by atoms with van der Waals surface area (Å²) >= 11 is 0. The van der Waals surface area contributed by atoms with Crippen LogP contribution in [0, 0.1) is 11.7 Å². The zero-order valence-electron chi connectivity index (χ0n) is 8.91. The molecule has 1 aromatic carbocycles. The highest BCUT2D eigenvalue weighted by Gasteiger charge is 2.22. The molecule has 0 radical (unpaired) electrons. The Morgan fingerprint density at radius 1 is 1.25 bits per heavy atom. The monoisotopic (exact) mass is 223 g/mol. The van der Waals surface area contributed by atoms with Gasteiger partial charge in [0, 0.05) is 0 Å². The van der Waals surface area contributed by atoms with Crippen LogP contribution in [0.3, 0.4) is 0 Å². The van der Waals surface area contributed by atoms with Gasteiger partial charge in [0.2, 0.25) is 0 Å². The number of nitrogens with one attached hydrogen (secondary N) is 1. The number of rotatable bonds is 2. The van der Waals surface area contributed by atoms with Crippen molar-refractivity contribution in [2.45, 2.75) is 12.8 Å². The predicted molar refractivity (Wildman–Crippen MR) is 57.6 cm³/mol. The van der Waals surface area contributed by atoms with Crippen molar-refractivity contribution >= 4 is 5.97 Å². The Morgan fingerprint density at radius 2 is 1.88 bits per heavy atom. The van der Waals surface area contributed by atoms with Gasteiger partial charge in [0.15, 0.2) is 0 Å². The van der Waals surface area contributed by atoms with Crippen molar-refractivity contribution in [3.63, 3.8) is 0 Å². The number of hydrogen-bond acceptors (Lipinski definition) is 3. The van der Waals surface area contributed by atoms with Gasteiger partial charge in [-0.05, 0) is 50.2 Å². The van der Waals surface area contributed by atoms with E-state index < -0.39 is 0 Å². The topological polar surface area (TPSA) is 38.3 Å². The Hall–Kier alpha value is -1.42. The van der Waals surface area contributed by atoms with Crippen LogP contribution in [0.1, 0.15) is 12.8 Å². The Labute approximate surface area is 93.6 Å². The second-order valence-corrected chi connectivity index (χ2v) is 3.90. The van der Waals surface area contributed by atoms with E-state index in [-0.39, 0.29) is 17.7 Å². The first kappa shape index (κ1) is 11.1. The summed E-state index contributed by atoms with van der Waals surface area (Å²) in [5.74, 6) is -0.175. The number of esters is 1. The maximum Gasteiger partial charge on any atom is 0.314 e. The number of halogens is 1. The van der Waals surface area contributed by atoms with Crippen LogP contribution in [-0.4, -0.2) is 19.1 Å². The molecule has 1 aliphatic rings. The normalized spacial score (nSPS) is 17.1. The third-order valence-corrected chi connectivity index (χ3v) is 2.70. The molecule has 0 saturated carbocycles. The summed E-state index contributed by atoms with van der Waals surface area (Å²) in [5.41, 5.74) is 0. The molecule has 1 aromatic rings. The average Bonchev–Trinajstić information content (AvgIpc) is 2.33. The van der Waals surface area contributed by atoms with Crippen LogP contribution < -0.4 is 10.1 Å². The van der Waals surface area contributed by atoms with Crippen LogP contribution in [0.4, 0.5) is 4.39 Å². The molecule has 0 aromatic heterocycles. The lowest BCUT2D eigenvalue weighted by molar-refractivity contribution is -0.139. The summed E-state index contributed by atoms with van der Waals surface area (Å²) in [7, 11) is 0. The average molecular weight is 223 g/mol. The minimum atomic E-state index is -0.332. The largest absolute Gasteiger partial charge is 0.426 e. The zero-order valence-corrected chi connectivity index (χ0v) is 8.91. The number of ether oxygens (including phenoxy) is 1. The Bertz CT molecular complexity index is 358. The van der Waals surface area contributed by atoms with Gasteiger partial charge < -0.3 is 10.1 Å². The first-order valence-electron chi connectivity index (χ1n) is 5.44. The second kappa shape index (κ2) is 5.07. The number of hydrogen-bond donors (Lipinski definition) is 1. The summed E-state index contributed by atoms with van der Waals surface area (Å²) < 4.78 is 17.8. The fourth-order valence-corrected chi connectivity index (χ4v) is 1.76. The highest BCUT2D eigenvalue weighted by molar-refractivity contribution is 5.75. The number of carbonyl (C=O) groups is 1. The van der Waals surface area contributed by atoms with Gasteiger partial charge >= 0.3 is 5.97 Å². The lowest BCUT2D eigenvalue weighted by Crippen LogP contribution is -2.33. The molecule has 3 nitrogen and oxygen atoms in total. The van der Waals surface area contributed by atoms with Crippen molar-refractivity contribution in [2.75, 3.05) is 13.1 Å². The van der Waals surface area contributed by atoms with E-state index in [1.165, 1.54) is 24.3 Å². The van der Waals surface area contributed by atoms with Crippen molar-refractivity contribution in [1.29, 1.82) is 0 Å². The van der Waals surface area contributed by atoms with Gasteiger partial charge in [0.1, 0.15) is 11.6 Å². The molecular formula is C12H14FNO2.